The van der Waals surface area contributed by atoms with Crippen LogP contribution < -0.4 is 0 Å². The van der Waals surface area contributed by atoms with Crippen LogP contribution in [0.4, 0.5) is 3.89 Å². The van der Waals surface area contributed by atoms with Crippen LogP contribution in [0.3, 0.4) is 0 Å². The van der Waals surface area contributed by atoms with Gasteiger partial charge in [-0.15, -0.1) is 3.89 Å². The van der Waals surface area contributed by atoms with Crippen LogP contribution in [-0.2, 0) is 15.0 Å². The Kier molecular flexibility index (Phi) is 3.81. The summed E-state index contributed by atoms with van der Waals surface area (Å²) in [6.07, 6.45) is 0. The summed E-state index contributed by atoms with van der Waals surface area (Å²) < 4.78 is 36.5. The molecule has 0 rings (SSSR count). The van der Waals surface area contributed by atoms with Gasteiger partial charge in [-0.25, -0.2) is 0 Å². The molecule has 0 aliphatic carbocycles. The molecule has 0 aromatic heterocycles. The lowest BCUT2D eigenvalue weighted by Crippen LogP contribution is -2.13. The van der Waals surface area contributed by atoms with Gasteiger partial charge in [0.05, 0.1) is 5.75 Å². The Morgan fingerprint density at radius 1 is 1.60 bits per heavy atom. The van der Waals surface area contributed by atoms with Crippen molar-refractivity contribution < 1.29 is 17.0 Å². The first-order chi connectivity index (χ1) is 4.45. The number of hydrogen-bond donors (Lipinski definition) is 0. The van der Waals surface area contributed by atoms with Gasteiger partial charge in [-0.2, -0.15) is 8.42 Å². The number of rotatable bonds is 4. The number of methoxy groups -OCH3 is 1. The summed E-state index contributed by atoms with van der Waals surface area (Å²) in [5.74, 6) is -0.735. The van der Waals surface area contributed by atoms with Gasteiger partial charge in [0.25, 0.3) is 0 Å². The van der Waals surface area contributed by atoms with Crippen molar-refractivity contribution >= 4 is 10.2 Å². The van der Waals surface area contributed by atoms with Crippen molar-refractivity contribution in [1.82, 2.24) is 0 Å². The van der Waals surface area contributed by atoms with E-state index in [9.17, 15) is 12.3 Å². The van der Waals surface area contributed by atoms with Crippen LogP contribution in [0.1, 0.15) is 6.92 Å². The fourth-order valence-electron chi connectivity index (χ4n) is 0.672. The Balaban J connectivity index is 3.69. The zero-order valence-electron chi connectivity index (χ0n) is 6.00. The van der Waals surface area contributed by atoms with E-state index < -0.39 is 16.0 Å². The molecule has 0 aromatic rings. The first-order valence-corrected chi connectivity index (χ1v) is 4.42. The maximum absolute atomic E-state index is 11.9. The Bertz CT molecular complexity index is 175. The summed E-state index contributed by atoms with van der Waals surface area (Å²) in [6, 6.07) is 0. The van der Waals surface area contributed by atoms with Crippen molar-refractivity contribution in [1.29, 1.82) is 0 Å². The lowest BCUT2D eigenvalue weighted by atomic mass is 10.2. The molecular formula is C5H11FO3S. The molecule has 0 aliphatic heterocycles. The van der Waals surface area contributed by atoms with Gasteiger partial charge in [0.1, 0.15) is 0 Å². The van der Waals surface area contributed by atoms with E-state index >= 15 is 0 Å². The molecule has 0 aromatic carbocycles. The van der Waals surface area contributed by atoms with Gasteiger partial charge in [-0.1, -0.05) is 6.92 Å². The normalized spacial score (nSPS) is 15.1. The third kappa shape index (κ3) is 5.97. The van der Waals surface area contributed by atoms with Crippen molar-refractivity contribution in [2.45, 2.75) is 6.92 Å². The first-order valence-electron chi connectivity index (χ1n) is 2.87. The molecule has 0 saturated carbocycles. The van der Waals surface area contributed by atoms with Crippen molar-refractivity contribution in [3.05, 3.63) is 0 Å². The van der Waals surface area contributed by atoms with E-state index in [0.717, 1.165) is 0 Å². The van der Waals surface area contributed by atoms with Crippen LogP contribution in [0.25, 0.3) is 0 Å². The third-order valence-corrected chi connectivity index (χ3v) is 1.90. The summed E-state index contributed by atoms with van der Waals surface area (Å²) in [5.41, 5.74) is 0. The highest BCUT2D eigenvalue weighted by molar-refractivity contribution is 7.86. The molecule has 0 bridgehead atoms. The van der Waals surface area contributed by atoms with Crippen LogP contribution in [0.15, 0.2) is 0 Å². The fourth-order valence-corrected chi connectivity index (χ4v) is 1.45. The van der Waals surface area contributed by atoms with E-state index in [4.69, 9.17) is 0 Å². The molecule has 1 atom stereocenters. The third-order valence-electron chi connectivity index (χ3n) is 0.935. The van der Waals surface area contributed by atoms with Gasteiger partial charge >= 0.3 is 10.2 Å². The maximum atomic E-state index is 11.9. The summed E-state index contributed by atoms with van der Waals surface area (Å²) in [4.78, 5) is 0. The minimum atomic E-state index is -4.33. The molecule has 0 heterocycles. The van der Waals surface area contributed by atoms with Crippen LogP contribution in [0.5, 0.6) is 0 Å². The van der Waals surface area contributed by atoms with Gasteiger partial charge in [0.15, 0.2) is 0 Å². The summed E-state index contributed by atoms with van der Waals surface area (Å²) in [6.45, 7) is 1.88. The highest BCUT2D eigenvalue weighted by atomic mass is 32.3. The van der Waals surface area contributed by atoms with E-state index in [1.54, 1.807) is 6.92 Å². The Morgan fingerprint density at radius 3 is 2.40 bits per heavy atom. The highest BCUT2D eigenvalue weighted by Crippen LogP contribution is 2.02. The topological polar surface area (TPSA) is 43.4 Å². The van der Waals surface area contributed by atoms with E-state index in [1.807, 2.05) is 0 Å². The molecule has 0 fully saturated rings. The van der Waals surface area contributed by atoms with Gasteiger partial charge < -0.3 is 4.74 Å². The highest BCUT2D eigenvalue weighted by Gasteiger charge is 2.13. The lowest BCUT2D eigenvalue weighted by Gasteiger charge is -2.04. The van der Waals surface area contributed by atoms with Crippen molar-refractivity contribution in [3.63, 3.8) is 0 Å². The standard InChI is InChI=1S/C5H11FO3S/c1-5(3-9-2)4-10(6,7)8/h5H,3-4H2,1-2H3. The molecule has 10 heavy (non-hydrogen) atoms. The predicted molar refractivity (Wildman–Crippen MR) is 35.9 cm³/mol. The summed E-state index contributed by atoms with van der Waals surface area (Å²) in [7, 11) is -2.88. The average Bonchev–Trinajstić information content (AvgIpc) is 1.59. The molecular weight excluding hydrogens is 159 g/mol. The molecule has 62 valence electrons. The van der Waals surface area contributed by atoms with Crippen molar-refractivity contribution in [2.75, 3.05) is 19.5 Å². The van der Waals surface area contributed by atoms with Gasteiger partial charge in [0, 0.05) is 13.7 Å². The fraction of sp³-hybridized carbons (Fsp3) is 1.00. The van der Waals surface area contributed by atoms with Gasteiger partial charge in [0.2, 0.25) is 0 Å². The monoisotopic (exact) mass is 170 g/mol. The van der Waals surface area contributed by atoms with Crippen LogP contribution >= 0.6 is 0 Å². The van der Waals surface area contributed by atoms with E-state index in [0.29, 0.717) is 0 Å². The average molecular weight is 170 g/mol. The molecule has 0 radical (unpaired) electrons. The molecule has 0 N–H and O–H groups in total. The van der Waals surface area contributed by atoms with Crippen LogP contribution in [0.2, 0.25) is 0 Å². The predicted octanol–water partition coefficient (Wildman–Crippen LogP) is 0.568. The van der Waals surface area contributed by atoms with E-state index in [2.05, 4.69) is 4.74 Å². The maximum Gasteiger partial charge on any atom is 0.302 e. The number of halogens is 1. The minimum Gasteiger partial charge on any atom is -0.384 e. The second-order valence-corrected chi connectivity index (χ2v) is 3.68. The van der Waals surface area contributed by atoms with Gasteiger partial charge in [-0.3, -0.25) is 0 Å². The molecule has 0 amide bonds. The quantitative estimate of drug-likeness (QED) is 0.579. The number of ether oxygens (including phenoxy) is 1. The minimum absolute atomic E-state index is 0.267. The summed E-state index contributed by atoms with van der Waals surface area (Å²) in [5, 5.41) is 0. The molecule has 1 unspecified atom stereocenters. The lowest BCUT2D eigenvalue weighted by molar-refractivity contribution is 0.167. The van der Waals surface area contributed by atoms with E-state index in [-0.39, 0.29) is 12.5 Å². The Hall–Kier alpha value is -0.160. The molecule has 3 nitrogen and oxygen atoms in total. The van der Waals surface area contributed by atoms with Crippen molar-refractivity contribution in [3.8, 4) is 0 Å². The van der Waals surface area contributed by atoms with Crippen molar-refractivity contribution in [2.24, 2.45) is 5.92 Å². The first kappa shape index (κ1) is 9.84. The zero-order chi connectivity index (χ0) is 8.20. The Morgan fingerprint density at radius 2 is 2.10 bits per heavy atom. The second kappa shape index (κ2) is 3.88. The van der Waals surface area contributed by atoms with Gasteiger partial charge in [-0.05, 0) is 5.92 Å². The second-order valence-electron chi connectivity index (χ2n) is 2.27. The smallest absolute Gasteiger partial charge is 0.302 e. The zero-order valence-corrected chi connectivity index (χ0v) is 6.82. The van der Waals surface area contributed by atoms with Crippen LogP contribution in [-0.4, -0.2) is 27.9 Å². The van der Waals surface area contributed by atoms with E-state index in [1.165, 1.54) is 7.11 Å². The largest absolute Gasteiger partial charge is 0.384 e. The molecule has 0 aliphatic rings. The number of hydrogen-bond acceptors (Lipinski definition) is 3. The van der Waals surface area contributed by atoms with Crippen LogP contribution in [0, 0.1) is 5.92 Å². The molecule has 5 heteroatoms. The SMILES string of the molecule is COCC(C)CS(=O)(=O)F. The summed E-state index contributed by atoms with van der Waals surface area (Å²) >= 11 is 0. The molecule has 0 saturated heterocycles. The Labute approximate surface area is 60.4 Å². The molecule has 0 spiro atoms.